The average molecular weight is 220 g/mol. The van der Waals surface area contributed by atoms with Gasteiger partial charge in [-0.3, -0.25) is 0 Å². The zero-order valence-electron chi connectivity index (χ0n) is 8.96. The molecule has 0 aromatic heterocycles. The molecule has 0 saturated heterocycles. The summed E-state index contributed by atoms with van der Waals surface area (Å²) >= 11 is 1.50. The first-order chi connectivity index (χ1) is 7.24. The van der Waals surface area contributed by atoms with Gasteiger partial charge in [-0.15, -0.1) is 11.8 Å². The van der Waals surface area contributed by atoms with Crippen molar-refractivity contribution in [2.45, 2.75) is 6.92 Å². The Labute approximate surface area is 94.8 Å². The van der Waals surface area contributed by atoms with Crippen LogP contribution in [0.3, 0.4) is 0 Å². The molecule has 0 aliphatic carbocycles. The minimum absolute atomic E-state index is 0.378. The van der Waals surface area contributed by atoms with E-state index in [0.29, 0.717) is 0 Å². The number of thioether (sulfide) groups is 1. The first kappa shape index (κ1) is 13.4. The summed E-state index contributed by atoms with van der Waals surface area (Å²) in [5, 5.41) is 0. The molecular weight excluding hydrogens is 208 g/mol. The second-order valence-electron chi connectivity index (χ2n) is 2.25. The highest BCUT2D eigenvalue weighted by Gasteiger charge is 1.92. The maximum absolute atomic E-state index is 10.8. The molecule has 0 fully saturated rings. The molecule has 0 bridgehead atoms. The summed E-state index contributed by atoms with van der Waals surface area (Å²) in [6.45, 7) is 1.73. The summed E-state index contributed by atoms with van der Waals surface area (Å²) in [4.78, 5) is 11.7. The minimum atomic E-state index is -0.378. The van der Waals surface area contributed by atoms with Crippen molar-refractivity contribution in [1.29, 1.82) is 0 Å². The lowest BCUT2D eigenvalue weighted by atomic mass is 10.4. The van der Waals surface area contributed by atoms with Crippen LogP contribution in [-0.2, 0) is 9.53 Å². The molecular formula is C12H12O2S. The summed E-state index contributed by atoms with van der Waals surface area (Å²) in [6, 6.07) is 0. The smallest absolute Gasteiger partial charge is 0.330 e. The third-order valence-electron chi connectivity index (χ3n) is 1.29. The van der Waals surface area contributed by atoms with Crippen molar-refractivity contribution < 1.29 is 9.53 Å². The second-order valence-corrected chi connectivity index (χ2v) is 3.13. The Kier molecular flexibility index (Phi) is 8.05. The van der Waals surface area contributed by atoms with Crippen molar-refractivity contribution in [3.8, 4) is 23.7 Å². The lowest BCUT2D eigenvalue weighted by molar-refractivity contribution is -0.134. The number of hydrogen-bond acceptors (Lipinski definition) is 3. The molecule has 0 aromatic carbocycles. The highest BCUT2D eigenvalue weighted by molar-refractivity contribution is 8.02. The van der Waals surface area contributed by atoms with Crippen LogP contribution < -0.4 is 0 Å². The van der Waals surface area contributed by atoms with Gasteiger partial charge in [-0.05, 0) is 31.1 Å². The van der Waals surface area contributed by atoms with E-state index in [0.717, 1.165) is 4.91 Å². The molecule has 0 atom stereocenters. The number of rotatable bonds is 3. The molecule has 0 N–H and O–H groups in total. The van der Waals surface area contributed by atoms with Crippen LogP contribution in [0.15, 0.2) is 23.1 Å². The lowest BCUT2D eigenvalue weighted by Crippen LogP contribution is -1.93. The summed E-state index contributed by atoms with van der Waals surface area (Å²) in [5.74, 6) is 10.3. The molecule has 3 heteroatoms. The van der Waals surface area contributed by atoms with Crippen molar-refractivity contribution in [2.75, 3.05) is 13.4 Å². The Bertz CT molecular complexity index is 383. The van der Waals surface area contributed by atoms with Crippen molar-refractivity contribution in [3.05, 3.63) is 23.1 Å². The first-order valence-corrected chi connectivity index (χ1v) is 5.39. The Morgan fingerprint density at radius 2 is 2.07 bits per heavy atom. The van der Waals surface area contributed by atoms with E-state index in [1.807, 2.05) is 6.26 Å². The van der Waals surface area contributed by atoms with Crippen LogP contribution in [0.5, 0.6) is 0 Å². The van der Waals surface area contributed by atoms with Gasteiger partial charge < -0.3 is 4.74 Å². The van der Waals surface area contributed by atoms with E-state index in [1.165, 1.54) is 24.9 Å². The van der Waals surface area contributed by atoms with Crippen LogP contribution in [-0.4, -0.2) is 19.3 Å². The summed E-state index contributed by atoms with van der Waals surface area (Å²) in [6.07, 6.45) is 6.62. The fourth-order valence-electron chi connectivity index (χ4n) is 0.599. The van der Waals surface area contributed by atoms with Crippen molar-refractivity contribution in [2.24, 2.45) is 0 Å². The molecule has 0 amide bonds. The van der Waals surface area contributed by atoms with E-state index in [-0.39, 0.29) is 5.97 Å². The number of methoxy groups -OCH3 is 1. The van der Waals surface area contributed by atoms with Crippen molar-refractivity contribution in [1.82, 2.24) is 0 Å². The van der Waals surface area contributed by atoms with Gasteiger partial charge in [0.25, 0.3) is 0 Å². The van der Waals surface area contributed by atoms with E-state index >= 15 is 0 Å². The van der Waals surface area contributed by atoms with E-state index in [2.05, 4.69) is 28.4 Å². The standard InChI is InChI=1S/C12H12O2S/c1-4-5-6-7-8-11(15-3)9-10-12(13)14-2/h8-10H,1-3H3. The van der Waals surface area contributed by atoms with Crippen LogP contribution >= 0.6 is 11.8 Å². The van der Waals surface area contributed by atoms with E-state index in [4.69, 9.17) is 0 Å². The van der Waals surface area contributed by atoms with Crippen LogP contribution in [0.25, 0.3) is 0 Å². The zero-order valence-corrected chi connectivity index (χ0v) is 9.77. The molecule has 78 valence electrons. The van der Waals surface area contributed by atoms with Gasteiger partial charge in [0.05, 0.1) is 7.11 Å². The van der Waals surface area contributed by atoms with E-state index in [9.17, 15) is 4.79 Å². The van der Waals surface area contributed by atoms with Gasteiger partial charge in [0.1, 0.15) is 0 Å². The highest BCUT2D eigenvalue weighted by Crippen LogP contribution is 2.11. The maximum Gasteiger partial charge on any atom is 0.330 e. The van der Waals surface area contributed by atoms with Gasteiger partial charge in [-0.2, -0.15) is 0 Å². The Morgan fingerprint density at radius 3 is 2.60 bits per heavy atom. The van der Waals surface area contributed by atoms with Gasteiger partial charge in [0.15, 0.2) is 0 Å². The fourth-order valence-corrected chi connectivity index (χ4v) is 0.980. The summed E-state index contributed by atoms with van der Waals surface area (Å²) < 4.78 is 4.47. The van der Waals surface area contributed by atoms with Gasteiger partial charge in [0.2, 0.25) is 0 Å². The van der Waals surface area contributed by atoms with Crippen molar-refractivity contribution in [3.63, 3.8) is 0 Å². The van der Waals surface area contributed by atoms with E-state index < -0.39 is 0 Å². The Balaban J connectivity index is 4.49. The predicted molar refractivity (Wildman–Crippen MR) is 64.0 cm³/mol. The van der Waals surface area contributed by atoms with Gasteiger partial charge in [0, 0.05) is 17.1 Å². The number of carbonyl (C=O) groups excluding carboxylic acids is 1. The predicted octanol–water partition coefficient (Wildman–Crippen LogP) is 1.99. The van der Waals surface area contributed by atoms with Crippen LogP contribution in [0.1, 0.15) is 6.92 Å². The topological polar surface area (TPSA) is 26.3 Å². The molecule has 0 aliphatic rings. The van der Waals surface area contributed by atoms with Crippen LogP contribution in [0.2, 0.25) is 0 Å². The third-order valence-corrected chi connectivity index (χ3v) is 2.02. The number of allylic oxidation sites excluding steroid dienone is 2. The normalized spacial score (nSPS) is 9.93. The molecule has 15 heavy (non-hydrogen) atoms. The number of ether oxygens (including phenoxy) is 1. The minimum Gasteiger partial charge on any atom is -0.466 e. The molecule has 0 spiro atoms. The van der Waals surface area contributed by atoms with Crippen molar-refractivity contribution >= 4 is 17.7 Å². The maximum atomic E-state index is 10.8. The molecule has 0 saturated carbocycles. The lowest BCUT2D eigenvalue weighted by Gasteiger charge is -1.92. The second kappa shape index (κ2) is 8.99. The van der Waals surface area contributed by atoms with Gasteiger partial charge >= 0.3 is 5.97 Å². The molecule has 0 heterocycles. The molecule has 0 aliphatic heterocycles. The monoisotopic (exact) mass is 220 g/mol. The van der Waals surface area contributed by atoms with Crippen LogP contribution in [0, 0.1) is 23.7 Å². The quantitative estimate of drug-likeness (QED) is 0.315. The molecule has 0 radical (unpaired) electrons. The summed E-state index contributed by atoms with van der Waals surface area (Å²) in [7, 11) is 1.34. The Morgan fingerprint density at radius 1 is 1.33 bits per heavy atom. The number of esters is 1. The fraction of sp³-hybridized carbons (Fsp3) is 0.250. The van der Waals surface area contributed by atoms with Gasteiger partial charge in [-0.25, -0.2) is 4.79 Å². The Hall–Kier alpha value is -1.58. The first-order valence-electron chi connectivity index (χ1n) is 4.17. The van der Waals surface area contributed by atoms with E-state index in [1.54, 1.807) is 19.1 Å². The average Bonchev–Trinajstić information content (AvgIpc) is 2.27. The van der Waals surface area contributed by atoms with Crippen LogP contribution in [0.4, 0.5) is 0 Å². The third kappa shape index (κ3) is 7.49. The SMILES string of the molecule is CC#CC#CC=C(C=CC(=O)OC)SC. The zero-order chi connectivity index (χ0) is 11.5. The highest BCUT2D eigenvalue weighted by atomic mass is 32.2. The molecule has 2 nitrogen and oxygen atoms in total. The number of hydrogen-bond donors (Lipinski definition) is 0. The number of carbonyl (C=O) groups is 1. The molecule has 0 rings (SSSR count). The van der Waals surface area contributed by atoms with Gasteiger partial charge in [-0.1, -0.05) is 11.8 Å². The molecule has 0 unspecified atom stereocenters. The summed E-state index contributed by atoms with van der Waals surface area (Å²) in [5.41, 5.74) is 0. The molecule has 0 aromatic rings. The largest absolute Gasteiger partial charge is 0.466 e.